The number of hydrogen-bond donors (Lipinski definition) is 1. The quantitative estimate of drug-likeness (QED) is 0.518. The number of aryl methyl sites for hydroxylation is 1. The zero-order valence-electron chi connectivity index (χ0n) is 16.8. The molecule has 1 N–H and O–H groups in total. The number of methoxy groups -OCH3 is 1. The molecule has 0 atom stereocenters. The summed E-state index contributed by atoms with van der Waals surface area (Å²) in [6.45, 7) is 1.88. The minimum Gasteiger partial charge on any atom is -0.497 e. The maximum atomic E-state index is 14.2. The van der Waals surface area contributed by atoms with E-state index < -0.39 is 23.7 Å². The molecule has 1 aliphatic heterocycles. The lowest BCUT2D eigenvalue weighted by Gasteiger charge is -2.26. The topological polar surface area (TPSA) is 80.6 Å². The molecule has 0 spiro atoms. The highest BCUT2D eigenvalue weighted by atomic mass is 19.1. The summed E-state index contributed by atoms with van der Waals surface area (Å²) in [5, 5.41) is 2.09. The van der Waals surface area contributed by atoms with E-state index >= 15 is 0 Å². The van der Waals surface area contributed by atoms with Crippen molar-refractivity contribution in [3.8, 4) is 11.4 Å². The number of halogens is 1. The Morgan fingerprint density at radius 2 is 1.74 bits per heavy atom. The highest BCUT2D eigenvalue weighted by Gasteiger charge is 2.38. The average molecular weight is 419 g/mol. The van der Waals surface area contributed by atoms with Crippen LogP contribution in [-0.4, -0.2) is 29.5 Å². The molecule has 8 heteroatoms. The van der Waals surface area contributed by atoms with Crippen LogP contribution < -0.4 is 15.0 Å². The summed E-state index contributed by atoms with van der Waals surface area (Å²) >= 11 is 0. The van der Waals surface area contributed by atoms with Crippen molar-refractivity contribution in [2.45, 2.75) is 6.92 Å². The Kier molecular flexibility index (Phi) is 5.12. The van der Waals surface area contributed by atoms with E-state index in [4.69, 9.17) is 4.74 Å². The fraction of sp³-hybridized carbons (Fsp3) is 0.0870. The van der Waals surface area contributed by atoms with E-state index in [1.807, 2.05) is 35.8 Å². The second-order valence-electron chi connectivity index (χ2n) is 6.89. The summed E-state index contributed by atoms with van der Waals surface area (Å²) in [5.41, 5.74) is 1.81. The number of carbonyl (C=O) groups excluding carboxylic acids is 3. The number of imide groups is 2. The molecule has 156 valence electrons. The van der Waals surface area contributed by atoms with E-state index in [0.717, 1.165) is 23.2 Å². The Balaban J connectivity index is 1.70. The minimum atomic E-state index is -0.996. The van der Waals surface area contributed by atoms with Crippen molar-refractivity contribution in [3.63, 3.8) is 0 Å². The van der Waals surface area contributed by atoms with Gasteiger partial charge >= 0.3 is 6.03 Å². The first-order valence-corrected chi connectivity index (χ1v) is 9.38. The molecule has 2 heterocycles. The van der Waals surface area contributed by atoms with Gasteiger partial charge in [-0.3, -0.25) is 14.9 Å². The van der Waals surface area contributed by atoms with Crippen LogP contribution in [0.5, 0.6) is 5.75 Å². The van der Waals surface area contributed by atoms with Crippen LogP contribution in [0.2, 0.25) is 0 Å². The van der Waals surface area contributed by atoms with Gasteiger partial charge in [-0.25, -0.2) is 14.1 Å². The molecule has 0 saturated carbocycles. The lowest BCUT2D eigenvalue weighted by atomic mass is 10.1. The predicted octanol–water partition coefficient (Wildman–Crippen LogP) is 3.60. The van der Waals surface area contributed by atoms with Crippen LogP contribution in [0.3, 0.4) is 0 Å². The van der Waals surface area contributed by atoms with Gasteiger partial charge < -0.3 is 9.30 Å². The molecule has 0 bridgehead atoms. The number of rotatable bonds is 4. The molecule has 1 saturated heterocycles. The molecule has 4 rings (SSSR count). The fourth-order valence-corrected chi connectivity index (χ4v) is 3.37. The Labute approximate surface area is 177 Å². The number of urea groups is 1. The Hall–Kier alpha value is -4.20. The second-order valence-corrected chi connectivity index (χ2v) is 6.89. The second kappa shape index (κ2) is 7.91. The van der Waals surface area contributed by atoms with Gasteiger partial charge in [-0.2, -0.15) is 0 Å². The van der Waals surface area contributed by atoms with Gasteiger partial charge in [0.1, 0.15) is 17.1 Å². The van der Waals surface area contributed by atoms with Crippen molar-refractivity contribution < 1.29 is 23.5 Å². The van der Waals surface area contributed by atoms with Crippen molar-refractivity contribution in [1.82, 2.24) is 9.88 Å². The summed E-state index contributed by atoms with van der Waals surface area (Å²) in [7, 11) is 1.59. The number of aromatic nitrogens is 1. The van der Waals surface area contributed by atoms with Crippen LogP contribution in [-0.2, 0) is 9.59 Å². The Bertz CT molecular complexity index is 1230. The third-order valence-electron chi connectivity index (χ3n) is 4.89. The van der Waals surface area contributed by atoms with E-state index in [9.17, 15) is 18.8 Å². The number of para-hydroxylation sites is 1. The third kappa shape index (κ3) is 3.71. The van der Waals surface area contributed by atoms with Gasteiger partial charge in [0.25, 0.3) is 11.8 Å². The normalized spacial score (nSPS) is 15.4. The summed E-state index contributed by atoms with van der Waals surface area (Å²) in [6, 6.07) is 13.6. The number of hydrogen-bond acceptors (Lipinski definition) is 4. The first-order chi connectivity index (χ1) is 14.9. The monoisotopic (exact) mass is 419 g/mol. The number of benzene rings is 2. The number of anilines is 1. The van der Waals surface area contributed by atoms with Gasteiger partial charge in [0, 0.05) is 17.6 Å². The standard InChI is InChI=1S/C23H18FN3O4/c1-14-11-15(13-26(14)16-7-9-17(31-2)10-8-16)12-18-21(28)25-23(30)27(22(18)29)20-6-4-3-5-19(20)24/h3-13H,1-2H3,(H,25,28,30)/b18-12-. The zero-order valence-corrected chi connectivity index (χ0v) is 16.8. The van der Waals surface area contributed by atoms with Gasteiger partial charge in [-0.05, 0) is 61.0 Å². The number of nitrogens with zero attached hydrogens (tertiary/aromatic N) is 2. The predicted molar refractivity (Wildman–Crippen MR) is 112 cm³/mol. The molecule has 0 unspecified atom stereocenters. The van der Waals surface area contributed by atoms with Gasteiger partial charge in [0.05, 0.1) is 12.8 Å². The largest absolute Gasteiger partial charge is 0.497 e. The number of barbiturate groups is 1. The number of ether oxygens (including phenoxy) is 1. The van der Waals surface area contributed by atoms with Gasteiger partial charge in [-0.15, -0.1) is 0 Å². The molecule has 3 aromatic rings. The van der Waals surface area contributed by atoms with Crippen molar-refractivity contribution >= 4 is 29.6 Å². The first-order valence-electron chi connectivity index (χ1n) is 9.38. The number of amides is 4. The molecule has 1 aromatic heterocycles. The van der Waals surface area contributed by atoms with E-state index in [0.29, 0.717) is 10.5 Å². The van der Waals surface area contributed by atoms with Gasteiger partial charge in [0.15, 0.2) is 0 Å². The minimum absolute atomic E-state index is 0.226. The average Bonchev–Trinajstić information content (AvgIpc) is 3.12. The van der Waals surface area contributed by atoms with Gasteiger partial charge in [0.2, 0.25) is 0 Å². The highest BCUT2D eigenvalue weighted by Crippen LogP contribution is 2.25. The summed E-state index contributed by atoms with van der Waals surface area (Å²) in [6.07, 6.45) is 3.14. The van der Waals surface area contributed by atoms with Crippen molar-refractivity contribution in [3.05, 3.63) is 83.4 Å². The molecule has 7 nitrogen and oxygen atoms in total. The maximum absolute atomic E-state index is 14.2. The third-order valence-corrected chi connectivity index (χ3v) is 4.89. The summed E-state index contributed by atoms with van der Waals surface area (Å²) in [5.74, 6) is -1.76. The molecule has 1 aliphatic rings. The molecule has 1 fully saturated rings. The van der Waals surface area contributed by atoms with E-state index in [1.165, 1.54) is 24.3 Å². The Morgan fingerprint density at radius 1 is 1.03 bits per heavy atom. The van der Waals surface area contributed by atoms with E-state index in [2.05, 4.69) is 5.32 Å². The molecule has 4 amide bonds. The first kappa shape index (κ1) is 20.1. The van der Waals surface area contributed by atoms with E-state index in [-0.39, 0.29) is 11.3 Å². The van der Waals surface area contributed by atoms with E-state index in [1.54, 1.807) is 19.4 Å². The lowest BCUT2D eigenvalue weighted by molar-refractivity contribution is -0.122. The van der Waals surface area contributed by atoms with Crippen molar-refractivity contribution in [2.24, 2.45) is 0 Å². The lowest BCUT2D eigenvalue weighted by Crippen LogP contribution is -2.54. The maximum Gasteiger partial charge on any atom is 0.336 e. The van der Waals surface area contributed by atoms with Gasteiger partial charge in [-0.1, -0.05) is 12.1 Å². The fourth-order valence-electron chi connectivity index (χ4n) is 3.37. The van der Waals surface area contributed by atoms with Crippen LogP contribution in [0.4, 0.5) is 14.9 Å². The van der Waals surface area contributed by atoms with Crippen molar-refractivity contribution in [1.29, 1.82) is 0 Å². The van der Waals surface area contributed by atoms with Crippen LogP contribution in [0.15, 0.2) is 66.4 Å². The summed E-state index contributed by atoms with van der Waals surface area (Å²) < 4.78 is 21.2. The van der Waals surface area contributed by atoms with Crippen LogP contribution in [0.25, 0.3) is 11.8 Å². The summed E-state index contributed by atoms with van der Waals surface area (Å²) in [4.78, 5) is 38.1. The van der Waals surface area contributed by atoms with Crippen LogP contribution in [0.1, 0.15) is 11.3 Å². The number of nitrogens with one attached hydrogen (secondary N) is 1. The van der Waals surface area contributed by atoms with Crippen LogP contribution >= 0.6 is 0 Å². The molecular formula is C23H18FN3O4. The molecule has 0 radical (unpaired) electrons. The van der Waals surface area contributed by atoms with Crippen LogP contribution in [0, 0.1) is 12.7 Å². The smallest absolute Gasteiger partial charge is 0.336 e. The Morgan fingerprint density at radius 3 is 2.42 bits per heavy atom. The van der Waals surface area contributed by atoms with Crippen molar-refractivity contribution in [2.75, 3.05) is 12.0 Å². The zero-order chi connectivity index (χ0) is 22.1. The molecular weight excluding hydrogens is 401 g/mol. The SMILES string of the molecule is COc1ccc(-n2cc(/C=C3/C(=O)NC(=O)N(c4ccccc4F)C3=O)cc2C)cc1. The molecule has 0 aliphatic carbocycles. The molecule has 2 aromatic carbocycles. The molecule has 31 heavy (non-hydrogen) atoms. The highest BCUT2D eigenvalue weighted by molar-refractivity contribution is 6.39. The number of carbonyl (C=O) groups is 3.